The van der Waals surface area contributed by atoms with E-state index in [1.165, 1.54) is 11.3 Å². The number of hydrogen-bond donors (Lipinski definition) is 1. The molecular formula is C9H14N2O2S. The highest BCUT2D eigenvalue weighted by atomic mass is 32.1. The number of ether oxygens (including phenoxy) is 1. The standard InChI is InChI=1S/C9H14N2O2S/c1-9(2,3)13-8(12)11(10)7-4-5-14-6-7/h4-6H,10H2,1-3H3. The van der Waals surface area contributed by atoms with E-state index in [9.17, 15) is 4.79 Å². The van der Waals surface area contributed by atoms with Crippen molar-refractivity contribution in [1.82, 2.24) is 0 Å². The van der Waals surface area contributed by atoms with Gasteiger partial charge in [-0.05, 0) is 32.2 Å². The van der Waals surface area contributed by atoms with E-state index in [4.69, 9.17) is 10.6 Å². The van der Waals surface area contributed by atoms with E-state index < -0.39 is 11.7 Å². The van der Waals surface area contributed by atoms with Crippen molar-refractivity contribution in [3.8, 4) is 0 Å². The van der Waals surface area contributed by atoms with Crippen LogP contribution in [0.15, 0.2) is 16.8 Å². The van der Waals surface area contributed by atoms with Gasteiger partial charge in [-0.25, -0.2) is 15.6 Å². The molecule has 0 saturated heterocycles. The van der Waals surface area contributed by atoms with Crippen molar-refractivity contribution in [2.45, 2.75) is 26.4 Å². The molecule has 4 nitrogen and oxygen atoms in total. The summed E-state index contributed by atoms with van der Waals surface area (Å²) in [5, 5.41) is 4.63. The van der Waals surface area contributed by atoms with E-state index in [2.05, 4.69) is 0 Å². The second kappa shape index (κ2) is 3.98. The van der Waals surface area contributed by atoms with Gasteiger partial charge in [-0.15, -0.1) is 0 Å². The van der Waals surface area contributed by atoms with Gasteiger partial charge in [-0.3, -0.25) is 0 Å². The molecule has 2 N–H and O–H groups in total. The zero-order valence-corrected chi connectivity index (χ0v) is 9.30. The van der Waals surface area contributed by atoms with Crippen LogP contribution in [0.25, 0.3) is 0 Å². The molecule has 78 valence electrons. The van der Waals surface area contributed by atoms with Crippen LogP contribution < -0.4 is 10.9 Å². The Balaban J connectivity index is 2.63. The minimum atomic E-state index is -0.545. The average Bonchev–Trinajstić information content (AvgIpc) is 2.51. The Labute approximate surface area is 87.2 Å². The van der Waals surface area contributed by atoms with Crippen molar-refractivity contribution in [3.63, 3.8) is 0 Å². The number of thiophene rings is 1. The zero-order chi connectivity index (χ0) is 10.8. The third-order valence-corrected chi connectivity index (χ3v) is 2.05. The maximum atomic E-state index is 11.4. The van der Waals surface area contributed by atoms with E-state index in [0.717, 1.165) is 5.01 Å². The Morgan fingerprint density at radius 3 is 2.64 bits per heavy atom. The van der Waals surface area contributed by atoms with E-state index in [1.807, 2.05) is 5.38 Å². The lowest BCUT2D eigenvalue weighted by molar-refractivity contribution is 0.0580. The van der Waals surface area contributed by atoms with Crippen molar-refractivity contribution < 1.29 is 9.53 Å². The summed E-state index contributed by atoms with van der Waals surface area (Å²) in [5.41, 5.74) is 0.120. The molecule has 0 spiro atoms. The average molecular weight is 214 g/mol. The molecule has 0 radical (unpaired) electrons. The molecule has 0 aliphatic carbocycles. The fourth-order valence-electron chi connectivity index (χ4n) is 0.811. The first-order valence-corrected chi connectivity index (χ1v) is 5.14. The first-order valence-electron chi connectivity index (χ1n) is 4.20. The first kappa shape index (κ1) is 11.0. The molecule has 0 saturated carbocycles. The minimum Gasteiger partial charge on any atom is -0.442 e. The third-order valence-electron chi connectivity index (χ3n) is 1.37. The summed E-state index contributed by atoms with van der Waals surface area (Å²) in [6.07, 6.45) is -0.545. The Morgan fingerprint density at radius 1 is 1.57 bits per heavy atom. The van der Waals surface area contributed by atoms with Gasteiger partial charge >= 0.3 is 6.09 Å². The van der Waals surface area contributed by atoms with Crippen LogP contribution in [0.3, 0.4) is 0 Å². The molecule has 1 heterocycles. The lowest BCUT2D eigenvalue weighted by atomic mass is 10.2. The molecule has 0 aliphatic heterocycles. The van der Waals surface area contributed by atoms with Crippen molar-refractivity contribution in [2.75, 3.05) is 5.01 Å². The van der Waals surface area contributed by atoms with Crippen molar-refractivity contribution in [2.24, 2.45) is 5.84 Å². The van der Waals surface area contributed by atoms with Crippen LogP contribution in [-0.4, -0.2) is 11.7 Å². The Bertz CT molecular complexity index is 303. The molecule has 0 aliphatic rings. The van der Waals surface area contributed by atoms with Gasteiger partial charge in [0.05, 0.1) is 5.69 Å². The third kappa shape index (κ3) is 3.01. The van der Waals surface area contributed by atoms with Gasteiger partial charge in [-0.1, -0.05) is 0 Å². The molecule has 1 rings (SSSR count). The number of anilines is 1. The van der Waals surface area contributed by atoms with Gasteiger partial charge in [0.25, 0.3) is 0 Å². The quantitative estimate of drug-likeness (QED) is 0.443. The van der Waals surface area contributed by atoms with E-state index in [-0.39, 0.29) is 0 Å². The van der Waals surface area contributed by atoms with E-state index in [0.29, 0.717) is 5.69 Å². The molecule has 0 fully saturated rings. The predicted molar refractivity (Wildman–Crippen MR) is 57.2 cm³/mol. The van der Waals surface area contributed by atoms with Crippen molar-refractivity contribution >= 4 is 23.1 Å². The van der Waals surface area contributed by atoms with Crippen LogP contribution >= 0.6 is 11.3 Å². The molecule has 5 heteroatoms. The molecule has 0 bridgehead atoms. The fraction of sp³-hybridized carbons (Fsp3) is 0.444. The van der Waals surface area contributed by atoms with E-state index in [1.54, 1.807) is 32.2 Å². The summed E-state index contributed by atoms with van der Waals surface area (Å²) < 4.78 is 5.09. The summed E-state index contributed by atoms with van der Waals surface area (Å²) in [5.74, 6) is 5.56. The summed E-state index contributed by atoms with van der Waals surface area (Å²) in [6, 6.07) is 1.76. The number of carbonyl (C=O) groups is 1. The summed E-state index contributed by atoms with van der Waals surface area (Å²) in [7, 11) is 0. The van der Waals surface area contributed by atoms with Crippen molar-refractivity contribution in [1.29, 1.82) is 0 Å². The van der Waals surface area contributed by atoms with Crippen LogP contribution in [0.1, 0.15) is 20.8 Å². The Morgan fingerprint density at radius 2 is 2.21 bits per heavy atom. The fourth-order valence-corrected chi connectivity index (χ4v) is 1.44. The Hall–Kier alpha value is -1.07. The first-order chi connectivity index (χ1) is 6.40. The number of nitrogens with zero attached hydrogens (tertiary/aromatic N) is 1. The smallest absolute Gasteiger partial charge is 0.429 e. The highest BCUT2D eigenvalue weighted by Crippen LogP contribution is 2.17. The summed E-state index contributed by atoms with van der Waals surface area (Å²) in [6.45, 7) is 5.39. The van der Waals surface area contributed by atoms with Gasteiger partial charge < -0.3 is 4.74 Å². The lowest BCUT2D eigenvalue weighted by Crippen LogP contribution is -2.41. The topological polar surface area (TPSA) is 55.6 Å². The normalized spacial score (nSPS) is 11.1. The van der Waals surface area contributed by atoms with E-state index >= 15 is 0 Å². The Kier molecular flexibility index (Phi) is 3.13. The molecule has 0 unspecified atom stereocenters. The second-order valence-electron chi connectivity index (χ2n) is 3.83. The van der Waals surface area contributed by atoms with Gasteiger partial charge in [0.1, 0.15) is 5.60 Å². The van der Waals surface area contributed by atoms with Crippen LogP contribution in [0.2, 0.25) is 0 Å². The summed E-state index contributed by atoms with van der Waals surface area (Å²) >= 11 is 1.47. The monoisotopic (exact) mass is 214 g/mol. The van der Waals surface area contributed by atoms with Crippen LogP contribution in [0.5, 0.6) is 0 Å². The molecule has 0 aromatic carbocycles. The largest absolute Gasteiger partial charge is 0.442 e. The predicted octanol–water partition coefficient (Wildman–Crippen LogP) is 2.36. The lowest BCUT2D eigenvalue weighted by Gasteiger charge is -2.23. The molecule has 1 aromatic heterocycles. The maximum absolute atomic E-state index is 11.4. The van der Waals surface area contributed by atoms with Crippen LogP contribution in [0, 0.1) is 0 Å². The zero-order valence-electron chi connectivity index (χ0n) is 8.48. The molecule has 14 heavy (non-hydrogen) atoms. The number of hydrogen-bond acceptors (Lipinski definition) is 4. The molecular weight excluding hydrogens is 200 g/mol. The molecule has 1 amide bonds. The van der Waals surface area contributed by atoms with Gasteiger partial charge in [0, 0.05) is 5.38 Å². The number of carbonyl (C=O) groups excluding carboxylic acids is 1. The van der Waals surface area contributed by atoms with Gasteiger partial charge in [0.2, 0.25) is 0 Å². The molecule has 1 aromatic rings. The number of amides is 1. The number of hydrazine groups is 1. The SMILES string of the molecule is CC(C)(C)OC(=O)N(N)c1ccsc1. The second-order valence-corrected chi connectivity index (χ2v) is 4.61. The number of nitrogens with two attached hydrogens (primary N) is 1. The highest BCUT2D eigenvalue weighted by Gasteiger charge is 2.21. The van der Waals surface area contributed by atoms with Crippen molar-refractivity contribution in [3.05, 3.63) is 16.8 Å². The number of rotatable bonds is 1. The van der Waals surface area contributed by atoms with Gasteiger partial charge in [-0.2, -0.15) is 11.3 Å². The van der Waals surface area contributed by atoms with Crippen LogP contribution in [0.4, 0.5) is 10.5 Å². The van der Waals surface area contributed by atoms with Crippen LogP contribution in [-0.2, 0) is 4.74 Å². The highest BCUT2D eigenvalue weighted by molar-refractivity contribution is 7.08. The van der Waals surface area contributed by atoms with Gasteiger partial charge in [0.15, 0.2) is 0 Å². The molecule has 0 atom stereocenters. The summed E-state index contributed by atoms with van der Waals surface area (Å²) in [4.78, 5) is 11.4. The minimum absolute atomic E-state index is 0.523. The maximum Gasteiger partial charge on any atom is 0.429 e.